The van der Waals surface area contributed by atoms with E-state index in [-0.39, 0.29) is 29.3 Å². The Balaban J connectivity index is 0.00000147. The number of hydrogen-bond donors (Lipinski definition) is 2. The van der Waals surface area contributed by atoms with Gasteiger partial charge in [-0.25, -0.2) is 0 Å². The minimum atomic E-state index is -0.273. The van der Waals surface area contributed by atoms with E-state index in [1.54, 1.807) is 12.1 Å². The quantitative estimate of drug-likeness (QED) is 0.833. The Hall–Kier alpha value is -0.680. The summed E-state index contributed by atoms with van der Waals surface area (Å²) in [6.45, 7) is 1.38. The topological polar surface area (TPSA) is 64.3 Å². The molecule has 4 rings (SSSR count). The predicted octanol–water partition coefficient (Wildman–Crippen LogP) is 2.98. The van der Waals surface area contributed by atoms with Crippen LogP contribution in [0.2, 0.25) is 10.0 Å². The van der Waals surface area contributed by atoms with Gasteiger partial charge in [0.05, 0.1) is 10.0 Å². The van der Waals surface area contributed by atoms with Crippen LogP contribution in [0.25, 0.3) is 0 Å². The molecule has 3 fully saturated rings. The van der Waals surface area contributed by atoms with Crippen molar-refractivity contribution >= 4 is 41.5 Å². The van der Waals surface area contributed by atoms with Crippen LogP contribution < -0.4 is 16.1 Å². The molecule has 0 atom stereocenters. The zero-order valence-corrected chi connectivity index (χ0v) is 13.2. The van der Waals surface area contributed by atoms with E-state index in [0.29, 0.717) is 15.8 Å². The SMILES string of the molecule is CC(=O)NOc1ccc(Cl)c(Cl)c1C12CC(N)(C1)C2.Cl. The van der Waals surface area contributed by atoms with Crippen LogP contribution in [0.3, 0.4) is 0 Å². The minimum absolute atomic E-state index is 0. The Kier molecular flexibility index (Phi) is 3.89. The second-order valence-electron chi connectivity index (χ2n) is 5.67. The van der Waals surface area contributed by atoms with Crippen molar-refractivity contribution in [2.75, 3.05) is 0 Å². The lowest BCUT2D eigenvalue weighted by Gasteiger charge is -2.69. The van der Waals surface area contributed by atoms with Crippen LogP contribution in [0.4, 0.5) is 0 Å². The fourth-order valence-corrected chi connectivity index (χ4v) is 3.88. The van der Waals surface area contributed by atoms with Gasteiger partial charge in [-0.1, -0.05) is 23.2 Å². The number of nitrogens with one attached hydrogen (secondary N) is 1. The maximum absolute atomic E-state index is 11.0. The molecule has 0 aliphatic heterocycles. The molecule has 20 heavy (non-hydrogen) atoms. The van der Waals surface area contributed by atoms with Gasteiger partial charge in [0.2, 0.25) is 5.91 Å². The predicted molar refractivity (Wildman–Crippen MR) is 80.6 cm³/mol. The zero-order chi connectivity index (χ0) is 13.8. The first-order chi connectivity index (χ1) is 8.85. The maximum atomic E-state index is 11.0. The van der Waals surface area contributed by atoms with E-state index in [4.69, 9.17) is 33.8 Å². The molecule has 110 valence electrons. The molecule has 3 aliphatic rings. The lowest BCUT2D eigenvalue weighted by molar-refractivity contribution is -0.125. The largest absolute Gasteiger partial charge is 0.379 e. The molecule has 0 unspecified atom stereocenters. The van der Waals surface area contributed by atoms with Crippen LogP contribution in [-0.2, 0) is 10.2 Å². The molecular weight excluding hydrogens is 323 g/mol. The molecule has 0 aromatic heterocycles. The number of carbonyl (C=O) groups is 1. The number of benzene rings is 1. The van der Waals surface area contributed by atoms with Crippen molar-refractivity contribution in [3.8, 4) is 5.75 Å². The highest BCUT2D eigenvalue weighted by atomic mass is 35.5. The number of hydroxylamine groups is 1. The van der Waals surface area contributed by atoms with Crippen LogP contribution in [0, 0.1) is 0 Å². The molecule has 1 amide bonds. The van der Waals surface area contributed by atoms with Crippen molar-refractivity contribution in [3.05, 3.63) is 27.7 Å². The smallest absolute Gasteiger partial charge is 0.249 e. The fraction of sp³-hybridized carbons (Fsp3) is 0.462. The zero-order valence-electron chi connectivity index (χ0n) is 10.8. The number of hydrogen-bond acceptors (Lipinski definition) is 3. The van der Waals surface area contributed by atoms with Gasteiger partial charge < -0.3 is 10.6 Å². The summed E-state index contributed by atoms with van der Waals surface area (Å²) >= 11 is 12.4. The number of carbonyl (C=O) groups excluding carboxylic acids is 1. The van der Waals surface area contributed by atoms with Gasteiger partial charge in [0.1, 0.15) is 0 Å². The van der Waals surface area contributed by atoms with Crippen LogP contribution in [0.1, 0.15) is 31.7 Å². The summed E-state index contributed by atoms with van der Waals surface area (Å²) in [7, 11) is 0. The molecule has 0 spiro atoms. The average Bonchev–Trinajstić information content (AvgIpc) is 2.26. The Morgan fingerprint density at radius 3 is 2.45 bits per heavy atom. The van der Waals surface area contributed by atoms with E-state index in [0.717, 1.165) is 24.8 Å². The standard InChI is InChI=1S/C13H14Cl2N2O2.ClH/c1-7(18)17-19-9-3-2-8(14)11(15)10(9)12-4-13(16,5-12)6-12;/h2-3H,4-6,16H2,1H3,(H,17,18);1H. The molecule has 3 N–H and O–H groups in total. The van der Waals surface area contributed by atoms with E-state index in [1.165, 1.54) is 6.92 Å². The van der Waals surface area contributed by atoms with Crippen LogP contribution in [-0.4, -0.2) is 11.4 Å². The molecule has 0 saturated heterocycles. The highest BCUT2D eigenvalue weighted by molar-refractivity contribution is 6.42. The van der Waals surface area contributed by atoms with Crippen LogP contribution in [0.15, 0.2) is 12.1 Å². The third kappa shape index (κ3) is 2.25. The molecular formula is C13H15Cl3N2O2. The summed E-state index contributed by atoms with van der Waals surface area (Å²) < 4.78 is 0. The number of nitrogens with two attached hydrogens (primary N) is 1. The second kappa shape index (κ2) is 4.95. The Morgan fingerprint density at radius 1 is 1.35 bits per heavy atom. The van der Waals surface area contributed by atoms with Crippen molar-refractivity contribution in [1.29, 1.82) is 0 Å². The second-order valence-corrected chi connectivity index (χ2v) is 6.45. The Morgan fingerprint density at radius 2 is 1.95 bits per heavy atom. The van der Waals surface area contributed by atoms with Gasteiger partial charge in [-0.15, -0.1) is 12.4 Å². The van der Waals surface area contributed by atoms with Gasteiger partial charge in [0, 0.05) is 23.4 Å². The van der Waals surface area contributed by atoms with E-state index in [1.807, 2.05) is 0 Å². The minimum Gasteiger partial charge on any atom is -0.379 e. The number of halogens is 3. The van der Waals surface area contributed by atoms with Gasteiger partial charge in [0.25, 0.3) is 0 Å². The van der Waals surface area contributed by atoms with E-state index in [2.05, 4.69) is 5.48 Å². The van der Waals surface area contributed by atoms with E-state index in [9.17, 15) is 4.79 Å². The van der Waals surface area contributed by atoms with Gasteiger partial charge in [0.15, 0.2) is 5.75 Å². The lowest BCUT2D eigenvalue weighted by Crippen LogP contribution is -2.74. The monoisotopic (exact) mass is 336 g/mol. The third-order valence-corrected chi connectivity index (χ3v) is 4.77. The van der Waals surface area contributed by atoms with E-state index >= 15 is 0 Å². The molecule has 1 aromatic carbocycles. The molecule has 2 bridgehead atoms. The first-order valence-electron chi connectivity index (χ1n) is 6.06. The van der Waals surface area contributed by atoms with Crippen molar-refractivity contribution in [3.63, 3.8) is 0 Å². The molecule has 0 radical (unpaired) electrons. The Bertz CT molecular complexity index is 557. The van der Waals surface area contributed by atoms with Crippen LogP contribution in [0.5, 0.6) is 5.75 Å². The van der Waals surface area contributed by atoms with Crippen molar-refractivity contribution in [2.45, 2.75) is 37.1 Å². The van der Waals surface area contributed by atoms with Gasteiger partial charge in [-0.3, -0.25) is 4.79 Å². The summed E-state index contributed by atoms with van der Waals surface area (Å²) in [5.74, 6) is 0.274. The molecule has 1 aromatic rings. The highest BCUT2D eigenvalue weighted by Gasteiger charge is 2.67. The number of amides is 1. The summed E-state index contributed by atoms with van der Waals surface area (Å²) in [5, 5.41) is 0.980. The molecule has 7 heteroatoms. The first-order valence-corrected chi connectivity index (χ1v) is 6.82. The molecule has 3 aliphatic carbocycles. The maximum Gasteiger partial charge on any atom is 0.249 e. The average molecular weight is 338 g/mol. The molecule has 3 saturated carbocycles. The molecule has 0 heterocycles. The summed E-state index contributed by atoms with van der Waals surface area (Å²) in [6.07, 6.45) is 2.66. The van der Waals surface area contributed by atoms with Crippen molar-refractivity contribution in [1.82, 2.24) is 5.48 Å². The Labute approximate surface area is 133 Å². The normalized spacial score (nSPS) is 29.6. The van der Waals surface area contributed by atoms with Crippen molar-refractivity contribution in [2.24, 2.45) is 5.73 Å². The fourth-order valence-electron chi connectivity index (χ4n) is 3.37. The lowest BCUT2D eigenvalue weighted by atomic mass is 9.38. The van der Waals surface area contributed by atoms with E-state index < -0.39 is 0 Å². The van der Waals surface area contributed by atoms with Gasteiger partial charge >= 0.3 is 0 Å². The highest BCUT2D eigenvalue weighted by Crippen LogP contribution is 2.69. The summed E-state index contributed by atoms with van der Waals surface area (Å²) in [6, 6.07) is 3.39. The van der Waals surface area contributed by atoms with Crippen LogP contribution >= 0.6 is 35.6 Å². The number of rotatable bonds is 3. The van der Waals surface area contributed by atoms with Crippen molar-refractivity contribution < 1.29 is 9.63 Å². The molecule has 4 nitrogen and oxygen atoms in total. The first kappa shape index (κ1) is 15.7. The third-order valence-electron chi connectivity index (χ3n) is 3.96. The van der Waals surface area contributed by atoms with Gasteiger partial charge in [-0.2, -0.15) is 5.48 Å². The summed E-state index contributed by atoms with van der Waals surface area (Å²) in [4.78, 5) is 16.3. The summed E-state index contributed by atoms with van der Waals surface area (Å²) in [5.41, 5.74) is 9.19. The van der Waals surface area contributed by atoms with Gasteiger partial charge in [-0.05, 0) is 31.4 Å².